The van der Waals surface area contributed by atoms with E-state index in [1.165, 1.54) is 0 Å². The van der Waals surface area contributed by atoms with E-state index in [1.807, 2.05) is 66.7 Å². The van der Waals surface area contributed by atoms with Crippen LogP contribution in [0.5, 0.6) is 17.2 Å². The Hall–Kier alpha value is -3.84. The summed E-state index contributed by atoms with van der Waals surface area (Å²) in [4.78, 5) is 18.4. The molecule has 0 N–H and O–H groups in total. The number of carbonyl (C=O) groups is 1. The zero-order valence-electron chi connectivity index (χ0n) is 20.0. The molecule has 186 valence electrons. The molecule has 0 saturated carbocycles. The number of fused-ring (bicyclic) bond motifs is 3. The van der Waals surface area contributed by atoms with Crippen molar-refractivity contribution in [2.45, 2.75) is 19.3 Å². The standard InChI is InChI=1S/C30H24BrNO5/c31-21-9-11-22(12-10-21)34-14-15-35-30(33)28-23-5-1-2-7-25(23)32-29-20(4-3-6-24(28)29)16-19-8-13-26-27(17-19)37-18-36-26/h1-2,5,7-13,16-17H,3-4,6,14-15,18H2/b20-16-. The minimum Gasteiger partial charge on any atom is -0.490 e. The number of nitrogens with zero attached hydrogens (tertiary/aromatic N) is 1. The fraction of sp³-hybridized carbons (Fsp3) is 0.200. The predicted octanol–water partition coefficient (Wildman–Crippen LogP) is 6.84. The van der Waals surface area contributed by atoms with Gasteiger partial charge in [0.25, 0.3) is 0 Å². The van der Waals surface area contributed by atoms with E-state index in [-0.39, 0.29) is 26.0 Å². The highest BCUT2D eigenvalue weighted by atomic mass is 79.9. The maximum absolute atomic E-state index is 13.4. The van der Waals surface area contributed by atoms with Crippen molar-refractivity contribution in [1.29, 1.82) is 0 Å². The van der Waals surface area contributed by atoms with Gasteiger partial charge in [0.2, 0.25) is 6.79 Å². The summed E-state index contributed by atoms with van der Waals surface area (Å²) in [5.74, 6) is 1.87. The zero-order chi connectivity index (χ0) is 25.2. The van der Waals surface area contributed by atoms with Crippen LogP contribution in [0.4, 0.5) is 0 Å². The summed E-state index contributed by atoms with van der Waals surface area (Å²) < 4.78 is 23.4. The quantitative estimate of drug-likeness (QED) is 0.191. The van der Waals surface area contributed by atoms with Crippen LogP contribution in [0.1, 0.15) is 40.0 Å². The van der Waals surface area contributed by atoms with E-state index in [1.54, 1.807) is 0 Å². The maximum atomic E-state index is 13.4. The highest BCUT2D eigenvalue weighted by Gasteiger charge is 2.26. The second kappa shape index (κ2) is 10.3. The molecule has 0 fully saturated rings. The third-order valence-corrected chi connectivity index (χ3v) is 7.04. The van der Waals surface area contributed by atoms with Crippen LogP contribution in [0.25, 0.3) is 22.6 Å². The Kier molecular flexibility index (Phi) is 6.53. The first-order valence-corrected chi connectivity index (χ1v) is 13.0. The van der Waals surface area contributed by atoms with Crippen molar-refractivity contribution in [2.75, 3.05) is 20.0 Å². The molecular weight excluding hydrogens is 534 g/mol. The molecule has 37 heavy (non-hydrogen) atoms. The molecule has 2 heterocycles. The molecule has 0 atom stereocenters. The average Bonchev–Trinajstić information content (AvgIpc) is 3.39. The van der Waals surface area contributed by atoms with Crippen molar-refractivity contribution < 1.29 is 23.7 Å². The van der Waals surface area contributed by atoms with Gasteiger partial charge in [0.15, 0.2) is 11.5 Å². The predicted molar refractivity (Wildman–Crippen MR) is 145 cm³/mol. The van der Waals surface area contributed by atoms with Crippen LogP contribution in [0.2, 0.25) is 0 Å². The number of allylic oxidation sites excluding steroid dienone is 1. The van der Waals surface area contributed by atoms with Crippen LogP contribution in [0.3, 0.4) is 0 Å². The molecule has 6 rings (SSSR count). The molecule has 1 aromatic heterocycles. The van der Waals surface area contributed by atoms with Crippen molar-refractivity contribution in [2.24, 2.45) is 0 Å². The van der Waals surface area contributed by atoms with Gasteiger partial charge in [-0.25, -0.2) is 9.78 Å². The molecule has 0 radical (unpaired) electrons. The minimum absolute atomic E-state index is 0.153. The van der Waals surface area contributed by atoms with Crippen LogP contribution >= 0.6 is 15.9 Å². The van der Waals surface area contributed by atoms with Gasteiger partial charge in [-0.2, -0.15) is 0 Å². The van der Waals surface area contributed by atoms with Crippen LogP contribution < -0.4 is 14.2 Å². The van der Waals surface area contributed by atoms with Crippen molar-refractivity contribution in [3.05, 3.63) is 93.6 Å². The Morgan fingerprint density at radius 2 is 1.81 bits per heavy atom. The van der Waals surface area contributed by atoms with Crippen molar-refractivity contribution in [1.82, 2.24) is 4.98 Å². The number of para-hydroxylation sites is 1. The van der Waals surface area contributed by atoms with Crippen molar-refractivity contribution >= 4 is 44.5 Å². The van der Waals surface area contributed by atoms with Gasteiger partial charge in [-0.3, -0.25) is 0 Å². The molecule has 1 aliphatic carbocycles. The van der Waals surface area contributed by atoms with Gasteiger partial charge in [-0.1, -0.05) is 40.2 Å². The summed E-state index contributed by atoms with van der Waals surface area (Å²) in [5, 5.41) is 0.810. The number of pyridine rings is 1. The molecule has 0 spiro atoms. The lowest BCUT2D eigenvalue weighted by Gasteiger charge is -2.22. The Morgan fingerprint density at radius 3 is 2.70 bits per heavy atom. The SMILES string of the molecule is O=C(OCCOc1ccc(Br)cc1)c1c2c(nc3ccccc13)/C(=C\c1ccc3c(c1)OCO3)CCC2. The van der Waals surface area contributed by atoms with Crippen molar-refractivity contribution in [3.63, 3.8) is 0 Å². The Balaban J connectivity index is 1.29. The highest BCUT2D eigenvalue weighted by Crippen LogP contribution is 2.38. The summed E-state index contributed by atoms with van der Waals surface area (Å²) >= 11 is 3.41. The number of rotatable bonds is 6. The molecule has 7 heteroatoms. The average molecular weight is 558 g/mol. The monoisotopic (exact) mass is 557 g/mol. The summed E-state index contributed by atoms with van der Waals surface area (Å²) in [6.45, 7) is 0.666. The number of esters is 1. The molecular formula is C30H24BrNO5. The largest absolute Gasteiger partial charge is 0.490 e. The lowest BCUT2D eigenvalue weighted by Crippen LogP contribution is -2.17. The number of halogens is 1. The smallest absolute Gasteiger partial charge is 0.339 e. The number of carbonyl (C=O) groups excluding carboxylic acids is 1. The zero-order valence-corrected chi connectivity index (χ0v) is 21.6. The van der Waals surface area contributed by atoms with Gasteiger partial charge >= 0.3 is 5.97 Å². The first-order valence-electron chi connectivity index (χ1n) is 12.2. The summed E-state index contributed by atoms with van der Waals surface area (Å²) in [5.41, 5.74) is 5.28. The fourth-order valence-corrected chi connectivity index (χ4v) is 5.07. The van der Waals surface area contributed by atoms with E-state index >= 15 is 0 Å². The molecule has 0 saturated heterocycles. The second-order valence-corrected chi connectivity index (χ2v) is 9.82. The third-order valence-electron chi connectivity index (χ3n) is 6.51. The van der Waals surface area contributed by atoms with Gasteiger partial charge < -0.3 is 18.9 Å². The van der Waals surface area contributed by atoms with Crippen LogP contribution in [0.15, 0.2) is 71.2 Å². The van der Waals surface area contributed by atoms with E-state index in [9.17, 15) is 4.79 Å². The molecule has 0 bridgehead atoms. The normalized spacial score (nSPS) is 15.0. The van der Waals surface area contributed by atoms with Gasteiger partial charge in [0.1, 0.15) is 19.0 Å². The lowest BCUT2D eigenvalue weighted by atomic mass is 9.86. The van der Waals surface area contributed by atoms with Gasteiger partial charge in [-0.05, 0) is 84.5 Å². The molecule has 4 aromatic rings. The first-order chi connectivity index (χ1) is 18.2. The van der Waals surface area contributed by atoms with Gasteiger partial charge in [-0.15, -0.1) is 0 Å². The number of ether oxygens (including phenoxy) is 4. The number of benzene rings is 3. The van der Waals surface area contributed by atoms with Gasteiger partial charge in [0, 0.05) is 9.86 Å². The number of aromatic nitrogens is 1. The molecule has 3 aromatic carbocycles. The van der Waals surface area contributed by atoms with E-state index in [0.29, 0.717) is 5.56 Å². The van der Waals surface area contributed by atoms with E-state index in [2.05, 4.69) is 22.0 Å². The Labute approximate surface area is 223 Å². The van der Waals surface area contributed by atoms with Crippen LogP contribution in [-0.2, 0) is 11.2 Å². The van der Waals surface area contributed by atoms with E-state index < -0.39 is 0 Å². The molecule has 6 nitrogen and oxygen atoms in total. The van der Waals surface area contributed by atoms with Crippen LogP contribution in [-0.4, -0.2) is 31.0 Å². The number of hydrogen-bond acceptors (Lipinski definition) is 6. The van der Waals surface area contributed by atoms with Gasteiger partial charge in [0.05, 0.1) is 16.8 Å². The second-order valence-electron chi connectivity index (χ2n) is 8.91. The van der Waals surface area contributed by atoms with Crippen molar-refractivity contribution in [3.8, 4) is 17.2 Å². The minimum atomic E-state index is -0.349. The fourth-order valence-electron chi connectivity index (χ4n) is 4.81. The summed E-state index contributed by atoms with van der Waals surface area (Å²) in [6, 6.07) is 21.2. The van der Waals surface area contributed by atoms with Crippen LogP contribution in [0, 0.1) is 0 Å². The molecule has 2 aliphatic rings. The Bertz CT molecular complexity index is 1510. The third kappa shape index (κ3) is 4.91. The molecule has 0 unspecified atom stereocenters. The van der Waals surface area contributed by atoms with E-state index in [0.717, 1.165) is 74.3 Å². The number of hydrogen-bond donors (Lipinski definition) is 0. The highest BCUT2D eigenvalue weighted by molar-refractivity contribution is 9.10. The lowest BCUT2D eigenvalue weighted by molar-refractivity contribution is 0.0451. The van der Waals surface area contributed by atoms with E-state index in [4.69, 9.17) is 23.9 Å². The summed E-state index contributed by atoms with van der Waals surface area (Å²) in [6.07, 6.45) is 4.70. The topological polar surface area (TPSA) is 66.9 Å². The summed E-state index contributed by atoms with van der Waals surface area (Å²) in [7, 11) is 0. The molecule has 0 amide bonds. The maximum Gasteiger partial charge on any atom is 0.339 e. The Morgan fingerprint density at radius 1 is 0.973 bits per heavy atom. The first kappa shape index (κ1) is 23.6. The molecule has 1 aliphatic heterocycles.